The highest BCUT2D eigenvalue weighted by Crippen LogP contribution is 2.64. The Morgan fingerprint density at radius 3 is 2.79 bits per heavy atom. The third-order valence-corrected chi connectivity index (χ3v) is 9.12. The molecule has 1 aromatic carbocycles. The summed E-state index contributed by atoms with van der Waals surface area (Å²) in [6.45, 7) is 2.49. The van der Waals surface area contributed by atoms with Crippen molar-refractivity contribution in [2.24, 2.45) is 17.8 Å². The number of hydrogen-bond donors (Lipinski definition) is 1. The van der Waals surface area contributed by atoms with E-state index >= 15 is 0 Å². The normalized spacial score (nSPS) is 32.4. The highest BCUT2D eigenvalue weighted by molar-refractivity contribution is 6.33. The summed E-state index contributed by atoms with van der Waals surface area (Å²) in [7, 11) is 1.41. The zero-order valence-electron chi connectivity index (χ0n) is 19.2. The van der Waals surface area contributed by atoms with E-state index in [1.54, 1.807) is 18.3 Å². The van der Waals surface area contributed by atoms with Crippen molar-refractivity contribution >= 4 is 23.3 Å². The number of pyridine rings is 1. The first-order valence-corrected chi connectivity index (χ1v) is 12.7. The molecule has 0 radical (unpaired) electrons. The van der Waals surface area contributed by atoms with E-state index in [4.69, 9.17) is 16.3 Å². The molecular weight excluding hydrogens is 434 g/mol. The fourth-order valence-corrected chi connectivity index (χ4v) is 7.75. The number of nitrogens with one attached hydrogen (secondary N) is 1. The van der Waals surface area contributed by atoms with Crippen molar-refractivity contribution in [1.29, 1.82) is 0 Å². The largest absolute Gasteiger partial charge is 0.465 e. The van der Waals surface area contributed by atoms with Gasteiger partial charge in [0.2, 0.25) is 0 Å². The summed E-state index contributed by atoms with van der Waals surface area (Å²) >= 11 is 6.81. The van der Waals surface area contributed by atoms with Gasteiger partial charge in [0.15, 0.2) is 0 Å². The number of halogens is 1. The lowest BCUT2D eigenvalue weighted by Gasteiger charge is -2.39. The Hall–Kier alpha value is -2.11. The predicted molar refractivity (Wildman–Crippen MR) is 130 cm³/mol. The molecule has 4 aliphatic carbocycles. The Labute approximate surface area is 200 Å². The molecule has 1 saturated heterocycles. The number of carbonyl (C=O) groups is 1. The van der Waals surface area contributed by atoms with Gasteiger partial charge in [-0.3, -0.25) is 9.88 Å². The smallest absolute Gasteiger partial charge is 0.339 e. The van der Waals surface area contributed by atoms with Crippen LogP contribution in [0.25, 0.3) is 0 Å². The van der Waals surface area contributed by atoms with Crippen LogP contribution in [0.3, 0.4) is 0 Å². The van der Waals surface area contributed by atoms with Crippen LogP contribution >= 0.6 is 11.6 Å². The third-order valence-electron chi connectivity index (χ3n) is 8.81. The van der Waals surface area contributed by atoms with E-state index in [1.165, 1.54) is 44.8 Å². The lowest BCUT2D eigenvalue weighted by atomic mass is 9.66. The number of ether oxygens (including phenoxy) is 1. The van der Waals surface area contributed by atoms with Gasteiger partial charge >= 0.3 is 5.97 Å². The zero-order valence-corrected chi connectivity index (χ0v) is 20.0. The first-order chi connectivity index (χ1) is 16.0. The van der Waals surface area contributed by atoms with E-state index in [2.05, 4.69) is 33.4 Å². The van der Waals surface area contributed by atoms with Crippen LogP contribution in [0.4, 0.5) is 5.69 Å². The molecule has 1 aliphatic heterocycles. The van der Waals surface area contributed by atoms with Crippen molar-refractivity contribution in [2.75, 3.05) is 25.5 Å². The van der Waals surface area contributed by atoms with Gasteiger partial charge in [0, 0.05) is 31.9 Å². The molecule has 5 aliphatic rings. The molecule has 0 spiro atoms. The topological polar surface area (TPSA) is 54.5 Å². The molecule has 6 heteroatoms. The number of nitrogens with zero attached hydrogens (tertiary/aromatic N) is 2. The summed E-state index contributed by atoms with van der Waals surface area (Å²) in [5.41, 5.74) is 4.21. The number of benzene rings is 1. The van der Waals surface area contributed by atoms with Crippen molar-refractivity contribution in [3.63, 3.8) is 0 Å². The van der Waals surface area contributed by atoms with E-state index in [0.717, 1.165) is 53.7 Å². The summed E-state index contributed by atoms with van der Waals surface area (Å²) in [6.07, 6.45) is 9.81. The second-order valence-electron chi connectivity index (χ2n) is 10.8. The van der Waals surface area contributed by atoms with Crippen LogP contribution in [-0.4, -0.2) is 42.1 Å². The maximum Gasteiger partial charge on any atom is 0.339 e. The average Bonchev–Trinajstić information content (AvgIpc) is 3.45. The lowest BCUT2D eigenvalue weighted by molar-refractivity contribution is 0.0597. The molecule has 2 aromatic rings. The minimum absolute atomic E-state index is 0.329. The summed E-state index contributed by atoms with van der Waals surface area (Å²) in [4.78, 5) is 18.8. The number of methoxy groups -OCH3 is 1. The fraction of sp³-hybridized carbons (Fsp3) is 0.556. The average molecular weight is 466 g/mol. The van der Waals surface area contributed by atoms with Gasteiger partial charge in [-0.25, -0.2) is 4.79 Å². The number of hydrogen-bond acceptors (Lipinski definition) is 5. The maximum atomic E-state index is 12.1. The predicted octanol–water partition coefficient (Wildman–Crippen LogP) is 5.29. The monoisotopic (exact) mass is 465 g/mol. The van der Waals surface area contributed by atoms with Crippen LogP contribution in [0.5, 0.6) is 0 Å². The first-order valence-electron chi connectivity index (χ1n) is 12.3. The molecule has 7 rings (SSSR count). The number of aromatic nitrogens is 1. The van der Waals surface area contributed by atoms with Crippen molar-refractivity contribution in [2.45, 2.75) is 56.5 Å². The van der Waals surface area contributed by atoms with Gasteiger partial charge in [-0.05, 0) is 91.5 Å². The van der Waals surface area contributed by atoms with E-state index in [0.29, 0.717) is 23.6 Å². The minimum atomic E-state index is -0.331. The Kier molecular flexibility index (Phi) is 5.38. The molecule has 1 aromatic heterocycles. The number of esters is 1. The van der Waals surface area contributed by atoms with E-state index < -0.39 is 0 Å². The van der Waals surface area contributed by atoms with Gasteiger partial charge in [-0.2, -0.15) is 0 Å². The van der Waals surface area contributed by atoms with Crippen LogP contribution in [0.1, 0.15) is 60.1 Å². The number of carbonyl (C=O) groups excluding carboxylic acids is 1. The van der Waals surface area contributed by atoms with Gasteiger partial charge < -0.3 is 10.1 Å². The lowest BCUT2D eigenvalue weighted by Crippen LogP contribution is -2.31. The Bertz CT molecular complexity index is 1050. The summed E-state index contributed by atoms with van der Waals surface area (Å²) < 4.78 is 4.91. The van der Waals surface area contributed by atoms with E-state index in [1.807, 2.05) is 0 Å². The quantitative estimate of drug-likeness (QED) is 0.588. The third kappa shape index (κ3) is 3.83. The molecule has 4 bridgehead atoms. The molecule has 1 N–H and O–H groups in total. The van der Waals surface area contributed by atoms with Crippen LogP contribution < -0.4 is 5.32 Å². The highest BCUT2D eigenvalue weighted by Gasteiger charge is 2.56. The molecule has 174 valence electrons. The van der Waals surface area contributed by atoms with E-state index in [-0.39, 0.29) is 5.97 Å². The second kappa shape index (κ2) is 8.28. The number of rotatable bonds is 6. The molecule has 4 saturated carbocycles. The van der Waals surface area contributed by atoms with Crippen molar-refractivity contribution in [1.82, 2.24) is 9.88 Å². The molecule has 33 heavy (non-hydrogen) atoms. The SMILES string of the molecule is COC(=O)c1cccnc1CN1CCC(Nc2ccc(C34CC5CC(C3)C(C5)C4)cc2Cl)C1. The van der Waals surface area contributed by atoms with Crippen LogP contribution in [0, 0.1) is 17.8 Å². The van der Waals surface area contributed by atoms with Crippen LogP contribution in [0.2, 0.25) is 5.02 Å². The van der Waals surface area contributed by atoms with Gasteiger partial charge in [0.25, 0.3) is 0 Å². The van der Waals surface area contributed by atoms with Gasteiger partial charge in [0.1, 0.15) is 0 Å². The molecule has 5 nitrogen and oxygen atoms in total. The molecule has 3 unspecified atom stereocenters. The Balaban J connectivity index is 1.11. The Morgan fingerprint density at radius 2 is 2.06 bits per heavy atom. The van der Waals surface area contributed by atoms with Gasteiger partial charge in [0.05, 0.1) is 29.1 Å². The molecule has 2 heterocycles. The van der Waals surface area contributed by atoms with Crippen molar-refractivity contribution in [3.05, 3.63) is 58.4 Å². The van der Waals surface area contributed by atoms with Gasteiger partial charge in [-0.1, -0.05) is 17.7 Å². The summed E-state index contributed by atoms with van der Waals surface area (Å²) in [5, 5.41) is 4.52. The second-order valence-corrected chi connectivity index (χ2v) is 11.2. The van der Waals surface area contributed by atoms with Crippen LogP contribution in [-0.2, 0) is 16.7 Å². The van der Waals surface area contributed by atoms with Crippen molar-refractivity contribution in [3.8, 4) is 0 Å². The maximum absolute atomic E-state index is 12.1. The molecule has 5 fully saturated rings. The standard InChI is InChI=1S/C27H32ClN3O2/c1-33-26(32)22-3-2-7-29-25(22)16-31-8-6-21(15-31)30-24-5-4-20(11-23(24)28)27-12-17-9-18(13-27)19(10-17)14-27/h2-5,7,11,17-19,21,30H,6,8-10,12-16H2,1H3. The van der Waals surface area contributed by atoms with E-state index in [9.17, 15) is 4.79 Å². The summed E-state index contributed by atoms with van der Waals surface area (Å²) in [5.74, 6) is 2.54. The zero-order chi connectivity index (χ0) is 22.6. The Morgan fingerprint density at radius 1 is 1.24 bits per heavy atom. The molecular formula is C27H32ClN3O2. The highest BCUT2D eigenvalue weighted by atomic mass is 35.5. The minimum Gasteiger partial charge on any atom is -0.465 e. The fourth-order valence-electron chi connectivity index (χ4n) is 7.51. The van der Waals surface area contributed by atoms with Gasteiger partial charge in [-0.15, -0.1) is 0 Å². The van der Waals surface area contributed by atoms with Crippen LogP contribution in [0.15, 0.2) is 36.5 Å². The summed E-state index contributed by atoms with van der Waals surface area (Å²) in [6, 6.07) is 10.7. The molecule has 3 atom stereocenters. The molecule has 0 amide bonds. The number of anilines is 1. The van der Waals surface area contributed by atoms with Crippen molar-refractivity contribution < 1.29 is 9.53 Å². The number of likely N-dealkylation sites (tertiary alicyclic amines) is 1. The first kappa shape index (κ1) is 21.4.